The number of aliphatic imine (C=N–C) groups is 1. The maximum absolute atomic E-state index is 13.5. The Bertz CT molecular complexity index is 1370. The van der Waals surface area contributed by atoms with Crippen molar-refractivity contribution in [2.24, 2.45) is 4.99 Å². The first-order valence-corrected chi connectivity index (χ1v) is 10.6. The number of nitrogens with zero attached hydrogens (tertiary/aromatic N) is 2. The van der Waals surface area contributed by atoms with Gasteiger partial charge in [0.1, 0.15) is 5.75 Å². The van der Waals surface area contributed by atoms with Crippen LogP contribution in [0.15, 0.2) is 82.6 Å². The highest BCUT2D eigenvalue weighted by atomic mass is 16.7. The van der Waals surface area contributed by atoms with Crippen LogP contribution >= 0.6 is 0 Å². The van der Waals surface area contributed by atoms with Crippen LogP contribution in [0.3, 0.4) is 0 Å². The van der Waals surface area contributed by atoms with Crippen molar-refractivity contribution in [1.82, 2.24) is 9.78 Å². The number of nitrogens with one attached hydrogen (secondary N) is 1. The molecule has 0 saturated heterocycles. The molecule has 1 aromatic heterocycles. The van der Waals surface area contributed by atoms with E-state index in [1.54, 1.807) is 7.11 Å². The zero-order valence-electron chi connectivity index (χ0n) is 18.4. The van der Waals surface area contributed by atoms with Crippen LogP contribution in [0.1, 0.15) is 18.1 Å². The molecule has 33 heavy (non-hydrogen) atoms. The number of ether oxygens (including phenoxy) is 3. The molecule has 0 radical (unpaired) electrons. The van der Waals surface area contributed by atoms with E-state index in [0.29, 0.717) is 29.3 Å². The van der Waals surface area contributed by atoms with Crippen molar-refractivity contribution in [2.45, 2.75) is 13.5 Å². The van der Waals surface area contributed by atoms with Gasteiger partial charge in [0.15, 0.2) is 11.5 Å². The molecule has 7 nitrogen and oxygen atoms in total. The third-order valence-electron chi connectivity index (χ3n) is 5.58. The second-order valence-electron chi connectivity index (χ2n) is 7.66. The molecule has 0 bridgehead atoms. The molecule has 1 aliphatic heterocycles. The summed E-state index contributed by atoms with van der Waals surface area (Å²) < 4.78 is 17.6. The maximum Gasteiger partial charge on any atom is 0.280 e. The summed E-state index contributed by atoms with van der Waals surface area (Å²) in [7, 11) is 1.61. The van der Waals surface area contributed by atoms with Crippen LogP contribution in [0.5, 0.6) is 17.2 Å². The van der Waals surface area contributed by atoms with Crippen molar-refractivity contribution in [3.05, 3.63) is 94.3 Å². The molecule has 0 fully saturated rings. The Hall–Kier alpha value is -4.26. The van der Waals surface area contributed by atoms with Crippen LogP contribution in [-0.2, 0) is 6.54 Å². The molecular weight excluding hydrogens is 418 g/mol. The van der Waals surface area contributed by atoms with Gasteiger partial charge >= 0.3 is 0 Å². The molecule has 0 spiro atoms. The fourth-order valence-electron chi connectivity index (χ4n) is 3.83. The van der Waals surface area contributed by atoms with Gasteiger partial charge in [0.25, 0.3) is 5.56 Å². The van der Waals surface area contributed by atoms with E-state index >= 15 is 0 Å². The standard InChI is InChI=1S/C26H23N3O4/c1-17(27-15-18-8-13-22-23(14-18)33-16-32-22)24-25(19-6-4-3-5-7-19)28-29(26(24)30)20-9-11-21(31-2)12-10-20/h3-14,28H,15-16H2,1-2H3. The van der Waals surface area contributed by atoms with Crippen LogP contribution in [-0.4, -0.2) is 29.4 Å². The summed E-state index contributed by atoms with van der Waals surface area (Å²) in [6.07, 6.45) is 0. The van der Waals surface area contributed by atoms with Crippen molar-refractivity contribution in [2.75, 3.05) is 13.9 Å². The molecule has 4 aromatic rings. The van der Waals surface area contributed by atoms with Gasteiger partial charge in [-0.15, -0.1) is 0 Å². The Morgan fingerprint density at radius 1 is 1.03 bits per heavy atom. The average molecular weight is 441 g/mol. The molecule has 7 heteroatoms. The molecule has 0 unspecified atom stereocenters. The third-order valence-corrected chi connectivity index (χ3v) is 5.58. The van der Waals surface area contributed by atoms with Crippen LogP contribution < -0.4 is 19.8 Å². The lowest BCUT2D eigenvalue weighted by Gasteiger charge is -2.04. The Kier molecular flexibility index (Phi) is 5.44. The van der Waals surface area contributed by atoms with E-state index in [1.165, 1.54) is 4.68 Å². The van der Waals surface area contributed by atoms with Gasteiger partial charge in [0, 0.05) is 11.3 Å². The summed E-state index contributed by atoms with van der Waals surface area (Å²) in [4.78, 5) is 18.2. The van der Waals surface area contributed by atoms with Gasteiger partial charge in [-0.25, -0.2) is 4.68 Å². The van der Waals surface area contributed by atoms with Gasteiger partial charge in [-0.3, -0.25) is 14.9 Å². The molecule has 1 N–H and O–H groups in total. The SMILES string of the molecule is COc1ccc(-n2[nH]c(-c3ccccc3)c(C(C)=NCc3ccc4c(c3)OCO4)c2=O)cc1. The first-order chi connectivity index (χ1) is 16.1. The lowest BCUT2D eigenvalue weighted by molar-refractivity contribution is 0.174. The first kappa shape index (κ1) is 20.6. The fourth-order valence-corrected chi connectivity index (χ4v) is 3.83. The fraction of sp³-hybridized carbons (Fsp3) is 0.154. The van der Waals surface area contributed by atoms with Crippen molar-refractivity contribution < 1.29 is 14.2 Å². The summed E-state index contributed by atoms with van der Waals surface area (Å²) in [5, 5.41) is 3.28. The second-order valence-corrected chi connectivity index (χ2v) is 7.66. The van der Waals surface area contributed by atoms with Gasteiger partial charge in [-0.2, -0.15) is 0 Å². The Balaban J connectivity index is 1.55. The molecule has 1 aliphatic rings. The summed E-state index contributed by atoms with van der Waals surface area (Å²) in [6, 6.07) is 22.9. The van der Waals surface area contributed by atoms with Crippen LogP contribution in [0.2, 0.25) is 0 Å². The van der Waals surface area contributed by atoms with Gasteiger partial charge in [-0.1, -0.05) is 36.4 Å². The zero-order chi connectivity index (χ0) is 22.8. The van der Waals surface area contributed by atoms with Crippen molar-refractivity contribution in [3.63, 3.8) is 0 Å². The highest BCUT2D eigenvalue weighted by molar-refractivity contribution is 6.03. The summed E-state index contributed by atoms with van der Waals surface area (Å²) >= 11 is 0. The van der Waals surface area contributed by atoms with Crippen LogP contribution in [0.25, 0.3) is 16.9 Å². The number of hydrogen-bond acceptors (Lipinski definition) is 5. The minimum Gasteiger partial charge on any atom is -0.497 e. The largest absolute Gasteiger partial charge is 0.497 e. The molecule has 0 amide bonds. The van der Waals surface area contributed by atoms with Crippen molar-refractivity contribution >= 4 is 5.71 Å². The predicted octanol–water partition coefficient (Wildman–Crippen LogP) is 4.58. The number of fused-ring (bicyclic) bond motifs is 1. The predicted molar refractivity (Wildman–Crippen MR) is 127 cm³/mol. The first-order valence-electron chi connectivity index (χ1n) is 10.6. The van der Waals surface area contributed by atoms with Crippen LogP contribution in [0.4, 0.5) is 0 Å². The normalized spacial score (nSPS) is 12.7. The van der Waals surface area contributed by atoms with Crippen molar-refractivity contribution in [1.29, 1.82) is 0 Å². The molecule has 5 rings (SSSR count). The molecule has 166 valence electrons. The number of H-pyrrole nitrogens is 1. The van der Waals surface area contributed by atoms with E-state index in [0.717, 1.165) is 28.3 Å². The topological polar surface area (TPSA) is 77.8 Å². The molecule has 0 atom stereocenters. The number of rotatable bonds is 6. The molecule has 2 heterocycles. The number of hydrogen-bond donors (Lipinski definition) is 1. The Morgan fingerprint density at radius 3 is 2.55 bits per heavy atom. The van der Waals surface area contributed by atoms with Gasteiger partial charge < -0.3 is 14.2 Å². The highest BCUT2D eigenvalue weighted by Gasteiger charge is 2.19. The summed E-state index contributed by atoms with van der Waals surface area (Å²) in [5.74, 6) is 2.18. The lowest BCUT2D eigenvalue weighted by Crippen LogP contribution is -2.19. The lowest BCUT2D eigenvalue weighted by atomic mass is 10.1. The Labute approximate surface area is 190 Å². The summed E-state index contributed by atoms with van der Waals surface area (Å²) in [6.45, 7) is 2.52. The number of benzene rings is 3. The number of aromatic nitrogens is 2. The van der Waals surface area contributed by atoms with E-state index in [9.17, 15) is 4.79 Å². The molecule has 0 aliphatic carbocycles. The zero-order valence-corrected chi connectivity index (χ0v) is 18.4. The molecular formula is C26H23N3O4. The van der Waals surface area contributed by atoms with Crippen LogP contribution in [0, 0.1) is 0 Å². The summed E-state index contributed by atoms with van der Waals surface area (Å²) in [5.41, 5.74) is 4.36. The number of aromatic amines is 1. The third kappa shape index (κ3) is 4.01. The van der Waals surface area contributed by atoms with Gasteiger partial charge in [-0.05, 0) is 48.9 Å². The number of methoxy groups -OCH3 is 1. The minimum absolute atomic E-state index is 0.161. The second kappa shape index (κ2) is 8.70. The van der Waals surface area contributed by atoms with Gasteiger partial charge in [0.05, 0.1) is 30.6 Å². The smallest absolute Gasteiger partial charge is 0.280 e. The van der Waals surface area contributed by atoms with E-state index in [4.69, 9.17) is 19.2 Å². The van der Waals surface area contributed by atoms with Gasteiger partial charge in [0.2, 0.25) is 6.79 Å². The maximum atomic E-state index is 13.5. The van der Waals surface area contributed by atoms with Crippen molar-refractivity contribution in [3.8, 4) is 34.2 Å². The van der Waals surface area contributed by atoms with E-state index in [-0.39, 0.29) is 12.4 Å². The average Bonchev–Trinajstić information content (AvgIpc) is 3.47. The molecule has 3 aromatic carbocycles. The highest BCUT2D eigenvalue weighted by Crippen LogP contribution is 2.32. The van der Waals surface area contributed by atoms with E-state index < -0.39 is 0 Å². The molecule has 0 saturated carbocycles. The minimum atomic E-state index is -0.161. The van der Waals surface area contributed by atoms with E-state index in [2.05, 4.69) is 5.10 Å². The quantitative estimate of drug-likeness (QED) is 0.445. The monoisotopic (exact) mass is 441 g/mol. The van der Waals surface area contributed by atoms with E-state index in [1.807, 2.05) is 79.7 Å². The Morgan fingerprint density at radius 2 is 1.79 bits per heavy atom.